The van der Waals surface area contributed by atoms with Crippen LogP contribution in [0.1, 0.15) is 11.3 Å². The zero-order chi connectivity index (χ0) is 16.5. The fourth-order valence-electron chi connectivity index (χ4n) is 3.16. The number of thiazole rings is 1. The number of fused-ring (bicyclic) bond motifs is 1. The molecule has 1 fully saturated rings. The molecule has 3 aromatic rings. The molecule has 6 heteroatoms. The Kier molecular flexibility index (Phi) is 3.79. The Bertz CT molecular complexity index is 919. The smallest absolute Gasteiger partial charge is 0.185 e. The third-order valence-electron chi connectivity index (χ3n) is 4.34. The quantitative estimate of drug-likeness (QED) is 0.720. The summed E-state index contributed by atoms with van der Waals surface area (Å²) in [6, 6.07) is 10.3. The summed E-state index contributed by atoms with van der Waals surface area (Å²) >= 11 is 1.70. The van der Waals surface area contributed by atoms with Crippen molar-refractivity contribution in [2.45, 2.75) is 6.92 Å². The van der Waals surface area contributed by atoms with Crippen LogP contribution < -0.4 is 9.80 Å². The van der Waals surface area contributed by atoms with Gasteiger partial charge in [-0.1, -0.05) is 18.2 Å². The van der Waals surface area contributed by atoms with E-state index in [2.05, 4.69) is 37.3 Å². The molecular formula is C18H17N5S. The molecule has 0 bridgehead atoms. The van der Waals surface area contributed by atoms with Gasteiger partial charge in [0.05, 0.1) is 22.5 Å². The number of hydrogen-bond donors (Lipinski definition) is 0. The summed E-state index contributed by atoms with van der Waals surface area (Å²) in [7, 11) is 0. The van der Waals surface area contributed by atoms with Crippen LogP contribution in [0.3, 0.4) is 0 Å². The summed E-state index contributed by atoms with van der Waals surface area (Å²) in [5.74, 6) is 0. The van der Waals surface area contributed by atoms with Crippen molar-refractivity contribution in [3.05, 3.63) is 47.1 Å². The van der Waals surface area contributed by atoms with Crippen molar-refractivity contribution in [3.63, 3.8) is 0 Å². The molecule has 0 atom stereocenters. The fraction of sp³-hybridized carbons (Fsp3) is 0.278. The van der Waals surface area contributed by atoms with Crippen molar-refractivity contribution in [1.82, 2.24) is 9.97 Å². The van der Waals surface area contributed by atoms with Gasteiger partial charge in [0.1, 0.15) is 6.07 Å². The molecule has 1 saturated heterocycles. The molecule has 3 heterocycles. The fourth-order valence-corrected chi connectivity index (χ4v) is 4.01. The van der Waals surface area contributed by atoms with Gasteiger partial charge in [-0.2, -0.15) is 5.26 Å². The van der Waals surface area contributed by atoms with Gasteiger partial charge >= 0.3 is 0 Å². The molecule has 24 heavy (non-hydrogen) atoms. The minimum absolute atomic E-state index is 0.646. The van der Waals surface area contributed by atoms with E-state index in [0.717, 1.165) is 53.6 Å². The van der Waals surface area contributed by atoms with E-state index in [9.17, 15) is 5.26 Å². The van der Waals surface area contributed by atoms with Crippen LogP contribution in [-0.2, 0) is 0 Å². The lowest BCUT2D eigenvalue weighted by Gasteiger charge is -2.36. The zero-order valence-electron chi connectivity index (χ0n) is 13.4. The largest absolute Gasteiger partial charge is 0.366 e. The number of aryl methyl sites for hydroxylation is 1. The minimum atomic E-state index is 0.646. The number of aromatic nitrogens is 2. The lowest BCUT2D eigenvalue weighted by atomic mass is 10.1. The molecule has 0 spiro atoms. The number of pyridine rings is 1. The molecule has 0 aliphatic carbocycles. The van der Waals surface area contributed by atoms with E-state index < -0.39 is 0 Å². The molecule has 5 nitrogen and oxygen atoms in total. The van der Waals surface area contributed by atoms with E-state index in [1.165, 1.54) is 0 Å². The van der Waals surface area contributed by atoms with Crippen molar-refractivity contribution in [2.75, 3.05) is 36.0 Å². The maximum absolute atomic E-state index is 9.51. The molecule has 0 N–H and O–H groups in total. The Morgan fingerprint density at radius 3 is 2.58 bits per heavy atom. The van der Waals surface area contributed by atoms with Crippen LogP contribution in [0, 0.1) is 18.3 Å². The molecule has 0 unspecified atom stereocenters. The van der Waals surface area contributed by atoms with E-state index in [0.29, 0.717) is 5.56 Å². The van der Waals surface area contributed by atoms with Gasteiger partial charge in [0, 0.05) is 43.1 Å². The molecule has 4 rings (SSSR count). The second-order valence-electron chi connectivity index (χ2n) is 5.89. The summed E-state index contributed by atoms with van der Waals surface area (Å²) in [5.41, 5.74) is 3.67. The van der Waals surface area contributed by atoms with Crippen molar-refractivity contribution in [1.29, 1.82) is 5.26 Å². The van der Waals surface area contributed by atoms with E-state index in [1.54, 1.807) is 17.5 Å². The van der Waals surface area contributed by atoms with Gasteiger partial charge < -0.3 is 9.80 Å². The lowest BCUT2D eigenvalue weighted by Crippen LogP contribution is -2.46. The van der Waals surface area contributed by atoms with Gasteiger partial charge in [0.15, 0.2) is 5.13 Å². The van der Waals surface area contributed by atoms with Crippen LogP contribution in [0.2, 0.25) is 0 Å². The van der Waals surface area contributed by atoms with Gasteiger partial charge in [-0.05, 0) is 13.0 Å². The highest BCUT2D eigenvalue weighted by molar-refractivity contribution is 7.13. The average molecular weight is 335 g/mol. The van der Waals surface area contributed by atoms with Crippen LogP contribution in [0.4, 0.5) is 10.8 Å². The first-order valence-corrected chi connectivity index (χ1v) is 8.84. The van der Waals surface area contributed by atoms with Gasteiger partial charge in [-0.15, -0.1) is 11.3 Å². The first-order valence-electron chi connectivity index (χ1n) is 7.96. The van der Waals surface area contributed by atoms with Gasteiger partial charge in [0.2, 0.25) is 0 Å². The molecular weight excluding hydrogens is 318 g/mol. The Labute approximate surface area is 144 Å². The summed E-state index contributed by atoms with van der Waals surface area (Å²) in [5, 5.41) is 13.7. The van der Waals surface area contributed by atoms with Gasteiger partial charge in [0.25, 0.3) is 0 Å². The average Bonchev–Trinajstić information content (AvgIpc) is 3.07. The third kappa shape index (κ3) is 2.57. The minimum Gasteiger partial charge on any atom is -0.366 e. The van der Waals surface area contributed by atoms with E-state index >= 15 is 0 Å². The van der Waals surface area contributed by atoms with Crippen molar-refractivity contribution in [3.8, 4) is 6.07 Å². The third-order valence-corrected chi connectivity index (χ3v) is 5.36. The number of piperazine rings is 1. The highest BCUT2D eigenvalue weighted by Crippen LogP contribution is 2.31. The summed E-state index contributed by atoms with van der Waals surface area (Å²) in [6.07, 6.45) is 1.69. The van der Waals surface area contributed by atoms with Crippen molar-refractivity contribution >= 4 is 33.1 Å². The Balaban J connectivity index is 1.64. The number of rotatable bonds is 2. The number of anilines is 2. The molecule has 1 aliphatic rings. The second-order valence-corrected chi connectivity index (χ2v) is 6.73. The second kappa shape index (κ2) is 6.10. The molecule has 0 amide bonds. The first kappa shape index (κ1) is 14.9. The number of benzene rings is 1. The Morgan fingerprint density at radius 1 is 1.12 bits per heavy atom. The molecule has 0 saturated carbocycles. The molecule has 120 valence electrons. The van der Waals surface area contributed by atoms with Gasteiger partial charge in [-0.25, -0.2) is 4.98 Å². The molecule has 1 aliphatic heterocycles. The SMILES string of the molecule is Cc1csc(N2CCN(c3c(C#N)cnc4ccccc34)CC2)n1. The Hall–Kier alpha value is -2.65. The lowest BCUT2D eigenvalue weighted by molar-refractivity contribution is 0.652. The standard InChI is InChI=1S/C18H17N5S/c1-13-12-24-18(21-13)23-8-6-22(7-9-23)17-14(10-19)11-20-16-5-3-2-4-15(16)17/h2-5,11-12H,6-9H2,1H3. The zero-order valence-corrected chi connectivity index (χ0v) is 14.3. The van der Waals surface area contributed by atoms with Crippen LogP contribution in [0.25, 0.3) is 10.9 Å². The summed E-state index contributed by atoms with van der Waals surface area (Å²) in [6.45, 7) is 5.60. The van der Waals surface area contributed by atoms with Crippen LogP contribution in [0.15, 0.2) is 35.8 Å². The van der Waals surface area contributed by atoms with E-state index in [1.807, 2.05) is 25.1 Å². The summed E-state index contributed by atoms with van der Waals surface area (Å²) in [4.78, 5) is 13.6. The molecule has 0 radical (unpaired) electrons. The predicted molar refractivity (Wildman–Crippen MR) is 97.7 cm³/mol. The predicted octanol–water partition coefficient (Wildman–Crippen LogP) is 3.20. The number of para-hydroxylation sites is 1. The topological polar surface area (TPSA) is 56.0 Å². The monoisotopic (exact) mass is 335 g/mol. The van der Waals surface area contributed by atoms with Crippen LogP contribution in [0.5, 0.6) is 0 Å². The van der Waals surface area contributed by atoms with Crippen molar-refractivity contribution < 1.29 is 0 Å². The first-order chi connectivity index (χ1) is 11.8. The highest BCUT2D eigenvalue weighted by atomic mass is 32.1. The molecule has 1 aromatic carbocycles. The number of hydrogen-bond acceptors (Lipinski definition) is 6. The number of nitrogens with zero attached hydrogens (tertiary/aromatic N) is 5. The highest BCUT2D eigenvalue weighted by Gasteiger charge is 2.23. The maximum Gasteiger partial charge on any atom is 0.185 e. The van der Waals surface area contributed by atoms with Crippen LogP contribution in [-0.4, -0.2) is 36.1 Å². The Morgan fingerprint density at radius 2 is 1.88 bits per heavy atom. The van der Waals surface area contributed by atoms with Gasteiger partial charge in [-0.3, -0.25) is 4.98 Å². The van der Waals surface area contributed by atoms with E-state index in [-0.39, 0.29) is 0 Å². The maximum atomic E-state index is 9.51. The summed E-state index contributed by atoms with van der Waals surface area (Å²) < 4.78 is 0. The van der Waals surface area contributed by atoms with Crippen LogP contribution >= 0.6 is 11.3 Å². The number of nitriles is 1. The van der Waals surface area contributed by atoms with Crippen molar-refractivity contribution in [2.24, 2.45) is 0 Å². The normalized spacial score (nSPS) is 14.8. The molecule has 2 aromatic heterocycles. The van der Waals surface area contributed by atoms with E-state index in [4.69, 9.17) is 0 Å².